The van der Waals surface area contributed by atoms with Gasteiger partial charge in [-0.05, 0) is 23.7 Å². The summed E-state index contributed by atoms with van der Waals surface area (Å²) in [5, 5.41) is 0. The van der Waals surface area contributed by atoms with E-state index < -0.39 is 5.97 Å². The van der Waals surface area contributed by atoms with Crippen molar-refractivity contribution in [3.63, 3.8) is 0 Å². The van der Waals surface area contributed by atoms with Gasteiger partial charge >= 0.3 is 5.97 Å². The van der Waals surface area contributed by atoms with Gasteiger partial charge in [-0.15, -0.1) is 0 Å². The third-order valence-corrected chi connectivity index (χ3v) is 2.47. The van der Waals surface area contributed by atoms with E-state index in [1.807, 2.05) is 6.07 Å². The normalized spacial score (nSPS) is 9.87. The van der Waals surface area contributed by atoms with E-state index >= 15 is 0 Å². The molecule has 5 heteroatoms. The van der Waals surface area contributed by atoms with Gasteiger partial charge in [0.1, 0.15) is 16.4 Å². The second-order valence-corrected chi connectivity index (χ2v) is 3.62. The molecule has 2 aromatic rings. The Kier molecular flexibility index (Phi) is 2.64. The highest BCUT2D eigenvalue weighted by Crippen LogP contribution is 2.15. The SMILES string of the molecule is Nc1cc(C(=O)Oc2ccccc2)sn1. The van der Waals surface area contributed by atoms with Crippen molar-refractivity contribution in [3.05, 3.63) is 41.3 Å². The number of hydrogen-bond donors (Lipinski definition) is 1. The number of nitrogens with two attached hydrogens (primary N) is 1. The van der Waals surface area contributed by atoms with Gasteiger partial charge in [0, 0.05) is 6.07 Å². The molecule has 0 aliphatic heterocycles. The van der Waals surface area contributed by atoms with Crippen molar-refractivity contribution >= 4 is 23.3 Å². The van der Waals surface area contributed by atoms with Crippen LogP contribution in [0, 0.1) is 0 Å². The number of hydrogen-bond acceptors (Lipinski definition) is 5. The lowest BCUT2D eigenvalue weighted by Gasteiger charge is -2.00. The summed E-state index contributed by atoms with van der Waals surface area (Å²) in [6.07, 6.45) is 0. The molecule has 0 spiro atoms. The number of carbonyl (C=O) groups excluding carboxylic acids is 1. The number of esters is 1. The number of carbonyl (C=O) groups is 1. The Balaban J connectivity index is 2.11. The number of nitrogen functional groups attached to an aromatic ring is 1. The summed E-state index contributed by atoms with van der Waals surface area (Å²) in [7, 11) is 0. The summed E-state index contributed by atoms with van der Waals surface area (Å²) in [4.78, 5) is 11.9. The van der Waals surface area contributed by atoms with Crippen molar-refractivity contribution in [1.29, 1.82) is 0 Å². The molecule has 0 radical (unpaired) electrons. The van der Waals surface area contributed by atoms with Gasteiger partial charge < -0.3 is 10.5 Å². The largest absolute Gasteiger partial charge is 0.422 e. The minimum absolute atomic E-state index is 0.333. The second-order valence-electron chi connectivity index (χ2n) is 2.82. The van der Waals surface area contributed by atoms with Crippen LogP contribution in [0.15, 0.2) is 36.4 Å². The first-order valence-electron chi connectivity index (χ1n) is 4.25. The summed E-state index contributed by atoms with van der Waals surface area (Å²) in [6, 6.07) is 10.4. The molecular weight excluding hydrogens is 212 g/mol. The van der Waals surface area contributed by atoms with Crippen LogP contribution in [0.4, 0.5) is 5.82 Å². The third kappa shape index (κ3) is 2.32. The Labute approximate surface area is 90.5 Å². The van der Waals surface area contributed by atoms with E-state index in [2.05, 4.69) is 4.37 Å². The molecule has 0 saturated heterocycles. The van der Waals surface area contributed by atoms with Crippen LogP contribution >= 0.6 is 11.5 Å². The van der Waals surface area contributed by atoms with Crippen LogP contribution in [-0.4, -0.2) is 10.3 Å². The molecule has 0 fully saturated rings. The topological polar surface area (TPSA) is 65.2 Å². The minimum atomic E-state index is -0.435. The number of anilines is 1. The highest BCUT2D eigenvalue weighted by molar-refractivity contribution is 7.08. The molecule has 76 valence electrons. The molecular formula is C10H8N2O2S. The minimum Gasteiger partial charge on any atom is -0.422 e. The van der Waals surface area contributed by atoms with Gasteiger partial charge in [-0.2, -0.15) is 4.37 Å². The lowest BCUT2D eigenvalue weighted by molar-refractivity contribution is 0.0740. The second kappa shape index (κ2) is 4.10. The number of aromatic nitrogens is 1. The average Bonchev–Trinajstić information content (AvgIpc) is 2.66. The molecule has 0 bridgehead atoms. The van der Waals surface area contributed by atoms with Gasteiger partial charge in [-0.3, -0.25) is 0 Å². The van der Waals surface area contributed by atoms with E-state index in [1.165, 1.54) is 6.07 Å². The standard InChI is InChI=1S/C10H8N2O2S/c11-9-6-8(15-12-9)10(13)14-7-4-2-1-3-5-7/h1-6H,(H2,11,12). The van der Waals surface area contributed by atoms with Gasteiger partial charge in [0.15, 0.2) is 0 Å². The Hall–Kier alpha value is -1.88. The fourth-order valence-corrected chi connectivity index (χ4v) is 1.58. The first-order chi connectivity index (χ1) is 7.25. The van der Waals surface area contributed by atoms with Crippen molar-refractivity contribution in [3.8, 4) is 5.75 Å². The molecule has 15 heavy (non-hydrogen) atoms. The predicted octanol–water partition coefficient (Wildman–Crippen LogP) is 1.94. The fraction of sp³-hybridized carbons (Fsp3) is 0. The molecule has 0 unspecified atom stereocenters. The third-order valence-electron chi connectivity index (χ3n) is 1.68. The maximum absolute atomic E-state index is 11.5. The molecule has 1 heterocycles. The molecule has 0 atom stereocenters. The molecule has 0 aliphatic rings. The molecule has 1 aromatic carbocycles. The van der Waals surface area contributed by atoms with Gasteiger partial charge in [0.25, 0.3) is 0 Å². The maximum atomic E-state index is 11.5. The Morgan fingerprint density at radius 2 is 2.07 bits per heavy atom. The van der Waals surface area contributed by atoms with Crippen molar-refractivity contribution < 1.29 is 9.53 Å². The molecule has 0 amide bonds. The van der Waals surface area contributed by atoms with Crippen molar-refractivity contribution in [1.82, 2.24) is 4.37 Å². The van der Waals surface area contributed by atoms with E-state index in [4.69, 9.17) is 10.5 Å². The monoisotopic (exact) mass is 220 g/mol. The zero-order valence-electron chi connectivity index (χ0n) is 7.71. The first kappa shape index (κ1) is 9.67. The smallest absolute Gasteiger partial charge is 0.355 e. The van der Waals surface area contributed by atoms with Gasteiger partial charge in [-0.1, -0.05) is 18.2 Å². The highest BCUT2D eigenvalue weighted by Gasteiger charge is 2.11. The molecule has 4 nitrogen and oxygen atoms in total. The summed E-state index contributed by atoms with van der Waals surface area (Å²) >= 11 is 1.03. The fourth-order valence-electron chi connectivity index (χ4n) is 1.03. The summed E-state index contributed by atoms with van der Waals surface area (Å²) in [5.41, 5.74) is 5.40. The van der Waals surface area contributed by atoms with Crippen LogP contribution in [0.25, 0.3) is 0 Å². The quantitative estimate of drug-likeness (QED) is 0.620. The Morgan fingerprint density at radius 1 is 1.33 bits per heavy atom. The first-order valence-corrected chi connectivity index (χ1v) is 5.02. The highest BCUT2D eigenvalue weighted by atomic mass is 32.1. The number of benzene rings is 1. The van der Waals surface area contributed by atoms with E-state index in [0.717, 1.165) is 11.5 Å². The molecule has 1 aromatic heterocycles. The van der Waals surface area contributed by atoms with Gasteiger partial charge in [0.05, 0.1) is 0 Å². The van der Waals surface area contributed by atoms with Crippen molar-refractivity contribution in [2.24, 2.45) is 0 Å². The van der Waals surface area contributed by atoms with Gasteiger partial charge in [0.2, 0.25) is 0 Å². The Bertz CT molecular complexity index is 467. The number of rotatable bonds is 2. The van der Waals surface area contributed by atoms with Crippen LogP contribution < -0.4 is 10.5 Å². The molecule has 0 saturated carbocycles. The summed E-state index contributed by atoms with van der Waals surface area (Å²) in [5.74, 6) is 0.407. The van der Waals surface area contributed by atoms with Crippen molar-refractivity contribution in [2.75, 3.05) is 5.73 Å². The van der Waals surface area contributed by atoms with Crippen LogP contribution in [0.5, 0.6) is 5.75 Å². The van der Waals surface area contributed by atoms with Crippen LogP contribution in [-0.2, 0) is 0 Å². The van der Waals surface area contributed by atoms with E-state index in [9.17, 15) is 4.79 Å². The number of nitrogens with zero attached hydrogens (tertiary/aromatic N) is 1. The zero-order valence-corrected chi connectivity index (χ0v) is 8.53. The average molecular weight is 220 g/mol. The predicted molar refractivity (Wildman–Crippen MR) is 57.9 cm³/mol. The van der Waals surface area contributed by atoms with Gasteiger partial charge in [-0.25, -0.2) is 4.79 Å². The van der Waals surface area contributed by atoms with E-state index in [1.54, 1.807) is 24.3 Å². The Morgan fingerprint density at radius 3 is 2.67 bits per heavy atom. The summed E-state index contributed by atoms with van der Waals surface area (Å²) < 4.78 is 8.89. The zero-order chi connectivity index (χ0) is 10.7. The van der Waals surface area contributed by atoms with Crippen LogP contribution in [0.1, 0.15) is 9.67 Å². The molecule has 0 aliphatic carbocycles. The van der Waals surface area contributed by atoms with Crippen molar-refractivity contribution in [2.45, 2.75) is 0 Å². The van der Waals surface area contributed by atoms with E-state index in [0.29, 0.717) is 16.4 Å². The molecule has 2 N–H and O–H groups in total. The number of para-hydroxylation sites is 1. The lowest BCUT2D eigenvalue weighted by Crippen LogP contribution is -2.06. The summed E-state index contributed by atoms with van der Waals surface area (Å²) in [6.45, 7) is 0. The number of ether oxygens (including phenoxy) is 1. The van der Waals surface area contributed by atoms with Crippen LogP contribution in [0.2, 0.25) is 0 Å². The maximum Gasteiger partial charge on any atom is 0.355 e. The molecule has 2 rings (SSSR count). The van der Waals surface area contributed by atoms with Crippen LogP contribution in [0.3, 0.4) is 0 Å². The lowest BCUT2D eigenvalue weighted by atomic mass is 10.3. The van der Waals surface area contributed by atoms with E-state index in [-0.39, 0.29) is 0 Å².